The van der Waals surface area contributed by atoms with Gasteiger partial charge in [0.15, 0.2) is 11.6 Å². The minimum absolute atomic E-state index is 0.0841. The van der Waals surface area contributed by atoms with Crippen LogP contribution >= 0.6 is 15.9 Å². The maximum atomic E-state index is 13.4. The second-order valence-corrected chi connectivity index (χ2v) is 8.36. The van der Waals surface area contributed by atoms with Gasteiger partial charge in [-0.05, 0) is 47.0 Å². The van der Waals surface area contributed by atoms with Gasteiger partial charge in [-0.2, -0.15) is 4.31 Å². The second-order valence-electron chi connectivity index (χ2n) is 5.50. The van der Waals surface area contributed by atoms with Gasteiger partial charge in [-0.3, -0.25) is 0 Å². The van der Waals surface area contributed by atoms with E-state index in [9.17, 15) is 17.2 Å². The van der Waals surface area contributed by atoms with E-state index in [-0.39, 0.29) is 24.0 Å². The Morgan fingerprint density at radius 3 is 2.60 bits per heavy atom. The number of aromatic nitrogens is 2. The van der Waals surface area contributed by atoms with Crippen molar-refractivity contribution in [3.63, 3.8) is 0 Å². The molecule has 0 N–H and O–H groups in total. The maximum Gasteiger partial charge on any atom is 0.316 e. The molecule has 25 heavy (non-hydrogen) atoms. The molecule has 1 fully saturated rings. The van der Waals surface area contributed by atoms with Crippen LogP contribution in [-0.4, -0.2) is 41.9 Å². The number of piperidine rings is 1. The predicted octanol–water partition coefficient (Wildman–Crippen LogP) is 2.75. The molecule has 0 unspecified atom stereocenters. The lowest BCUT2D eigenvalue weighted by molar-refractivity contribution is 0.119. The van der Waals surface area contributed by atoms with Gasteiger partial charge in [0, 0.05) is 18.9 Å². The molecule has 2 aromatic rings. The summed E-state index contributed by atoms with van der Waals surface area (Å²) in [4.78, 5) is 7.71. The molecule has 0 bridgehead atoms. The Morgan fingerprint density at radius 2 is 1.92 bits per heavy atom. The second kappa shape index (κ2) is 7.30. The molecule has 0 amide bonds. The molecule has 2 heterocycles. The average molecular weight is 434 g/mol. The quantitative estimate of drug-likeness (QED) is 0.740. The smallest absolute Gasteiger partial charge is 0.316 e. The summed E-state index contributed by atoms with van der Waals surface area (Å²) in [5.74, 6) is -2.29. The Labute approximate surface area is 152 Å². The SMILES string of the molecule is O=S(=O)(c1ccc(F)c(F)c1)N1CCC[C@H](Oc2ncc(Br)cn2)C1. The zero-order valence-electron chi connectivity index (χ0n) is 12.9. The number of ether oxygens (including phenoxy) is 1. The highest BCUT2D eigenvalue weighted by atomic mass is 79.9. The third-order valence-corrected chi connectivity index (χ3v) is 6.01. The van der Waals surface area contributed by atoms with Crippen molar-refractivity contribution in [2.24, 2.45) is 0 Å². The van der Waals surface area contributed by atoms with Gasteiger partial charge in [0.2, 0.25) is 10.0 Å². The van der Waals surface area contributed by atoms with Crippen LogP contribution in [0, 0.1) is 11.6 Å². The molecule has 1 aromatic carbocycles. The maximum absolute atomic E-state index is 13.4. The van der Waals surface area contributed by atoms with Crippen molar-refractivity contribution >= 4 is 26.0 Å². The van der Waals surface area contributed by atoms with Gasteiger partial charge in [0.1, 0.15) is 6.10 Å². The van der Waals surface area contributed by atoms with E-state index in [1.807, 2.05) is 0 Å². The van der Waals surface area contributed by atoms with E-state index < -0.39 is 27.8 Å². The number of sulfonamides is 1. The monoisotopic (exact) mass is 433 g/mol. The molecule has 0 saturated carbocycles. The Kier molecular flexibility index (Phi) is 5.30. The molecular weight excluding hydrogens is 420 g/mol. The van der Waals surface area contributed by atoms with E-state index in [0.29, 0.717) is 23.4 Å². The lowest BCUT2D eigenvalue weighted by Gasteiger charge is -2.31. The molecule has 6 nitrogen and oxygen atoms in total. The van der Waals surface area contributed by atoms with Crippen molar-refractivity contribution in [3.05, 3.63) is 46.7 Å². The molecule has 0 aliphatic carbocycles. The fourth-order valence-corrected chi connectivity index (χ4v) is 4.24. The predicted molar refractivity (Wildman–Crippen MR) is 88.5 cm³/mol. The summed E-state index contributed by atoms with van der Waals surface area (Å²) >= 11 is 3.22. The van der Waals surface area contributed by atoms with Gasteiger partial charge in [-0.15, -0.1) is 0 Å². The van der Waals surface area contributed by atoms with Gasteiger partial charge in [0.25, 0.3) is 0 Å². The summed E-state index contributed by atoms with van der Waals surface area (Å²) in [7, 11) is -3.93. The number of halogens is 3. The van der Waals surface area contributed by atoms with E-state index >= 15 is 0 Å². The molecule has 1 atom stereocenters. The molecule has 0 spiro atoms. The Hall–Kier alpha value is -1.65. The summed E-state index contributed by atoms with van der Waals surface area (Å²) in [6.45, 7) is 0.364. The first kappa shape index (κ1) is 18.2. The van der Waals surface area contributed by atoms with Crippen LogP contribution in [0.5, 0.6) is 6.01 Å². The third kappa shape index (κ3) is 4.13. The van der Waals surface area contributed by atoms with Crippen LogP contribution in [0.15, 0.2) is 40.0 Å². The molecule has 0 radical (unpaired) electrons. The summed E-state index contributed by atoms with van der Waals surface area (Å²) < 4.78 is 59.2. The minimum Gasteiger partial charge on any atom is -0.459 e. The zero-order chi connectivity index (χ0) is 18.0. The van der Waals surface area contributed by atoms with E-state index in [1.165, 1.54) is 16.7 Å². The van der Waals surface area contributed by atoms with E-state index in [1.54, 1.807) is 0 Å². The average Bonchev–Trinajstić information content (AvgIpc) is 2.59. The zero-order valence-corrected chi connectivity index (χ0v) is 15.3. The van der Waals surface area contributed by atoms with Crippen LogP contribution in [0.1, 0.15) is 12.8 Å². The van der Waals surface area contributed by atoms with Crippen LogP contribution < -0.4 is 4.74 Å². The first-order chi connectivity index (χ1) is 11.9. The summed E-state index contributed by atoms with van der Waals surface area (Å²) in [5, 5.41) is 0. The summed E-state index contributed by atoms with van der Waals surface area (Å²) in [5.41, 5.74) is 0. The first-order valence-corrected chi connectivity index (χ1v) is 9.69. The molecule has 1 aromatic heterocycles. The highest BCUT2D eigenvalue weighted by Crippen LogP contribution is 2.24. The highest BCUT2D eigenvalue weighted by Gasteiger charge is 2.32. The van der Waals surface area contributed by atoms with Crippen LogP contribution in [-0.2, 0) is 10.0 Å². The molecule has 10 heteroatoms. The fourth-order valence-electron chi connectivity index (χ4n) is 2.52. The van der Waals surface area contributed by atoms with Gasteiger partial charge in [-0.25, -0.2) is 27.2 Å². The molecule has 1 aliphatic heterocycles. The Balaban J connectivity index is 1.75. The van der Waals surface area contributed by atoms with Gasteiger partial charge in [-0.1, -0.05) is 0 Å². The van der Waals surface area contributed by atoms with Crippen molar-refractivity contribution in [1.82, 2.24) is 14.3 Å². The van der Waals surface area contributed by atoms with Crippen molar-refractivity contribution in [2.45, 2.75) is 23.8 Å². The minimum atomic E-state index is -3.93. The number of hydrogen-bond acceptors (Lipinski definition) is 5. The van der Waals surface area contributed by atoms with Crippen LogP contribution in [0.25, 0.3) is 0 Å². The third-order valence-electron chi connectivity index (χ3n) is 3.74. The van der Waals surface area contributed by atoms with E-state index in [2.05, 4.69) is 25.9 Å². The van der Waals surface area contributed by atoms with Crippen molar-refractivity contribution in [1.29, 1.82) is 0 Å². The molecule has 1 aliphatic rings. The van der Waals surface area contributed by atoms with Gasteiger partial charge < -0.3 is 4.74 Å². The number of benzene rings is 1. The standard InChI is InChI=1S/C15H14BrF2N3O3S/c16-10-7-19-15(20-8-10)24-11-2-1-5-21(9-11)25(22,23)12-3-4-13(17)14(18)6-12/h3-4,6-8,11H,1-2,5,9H2/t11-/m0/s1. The number of nitrogens with zero attached hydrogens (tertiary/aromatic N) is 3. The topological polar surface area (TPSA) is 72.4 Å². The van der Waals surface area contributed by atoms with Crippen molar-refractivity contribution < 1.29 is 21.9 Å². The van der Waals surface area contributed by atoms with Crippen LogP contribution in [0.2, 0.25) is 0 Å². The van der Waals surface area contributed by atoms with Crippen LogP contribution in [0.4, 0.5) is 8.78 Å². The fraction of sp³-hybridized carbons (Fsp3) is 0.333. The van der Waals surface area contributed by atoms with Gasteiger partial charge >= 0.3 is 6.01 Å². The summed E-state index contributed by atoms with van der Waals surface area (Å²) in [6, 6.07) is 2.69. The molecule has 1 saturated heterocycles. The molecular formula is C15H14BrF2N3O3S. The number of rotatable bonds is 4. The van der Waals surface area contributed by atoms with E-state index in [0.717, 1.165) is 12.1 Å². The largest absolute Gasteiger partial charge is 0.459 e. The van der Waals surface area contributed by atoms with E-state index in [4.69, 9.17) is 4.74 Å². The Bertz CT molecular complexity index is 865. The lowest BCUT2D eigenvalue weighted by atomic mass is 10.1. The summed E-state index contributed by atoms with van der Waals surface area (Å²) in [6.07, 6.45) is 3.85. The van der Waals surface area contributed by atoms with Crippen molar-refractivity contribution in [3.8, 4) is 6.01 Å². The lowest BCUT2D eigenvalue weighted by Crippen LogP contribution is -2.44. The first-order valence-electron chi connectivity index (χ1n) is 7.45. The Morgan fingerprint density at radius 1 is 1.20 bits per heavy atom. The molecule has 3 rings (SSSR count). The van der Waals surface area contributed by atoms with Crippen LogP contribution in [0.3, 0.4) is 0 Å². The normalized spacial score (nSPS) is 18.9. The van der Waals surface area contributed by atoms with Crippen molar-refractivity contribution in [2.75, 3.05) is 13.1 Å². The van der Waals surface area contributed by atoms with Gasteiger partial charge in [0.05, 0.1) is 15.9 Å². The molecule has 134 valence electrons. The number of hydrogen-bond donors (Lipinski definition) is 0. The highest BCUT2D eigenvalue weighted by molar-refractivity contribution is 9.10.